The molecule has 0 aliphatic heterocycles. The van der Waals surface area contributed by atoms with Gasteiger partial charge in [0.15, 0.2) is 0 Å². The molecule has 8 heteroatoms. The van der Waals surface area contributed by atoms with Crippen molar-refractivity contribution >= 4 is 43.3 Å². The van der Waals surface area contributed by atoms with Gasteiger partial charge >= 0.3 is 5.97 Å². The van der Waals surface area contributed by atoms with Crippen LogP contribution in [0.2, 0.25) is 0 Å². The van der Waals surface area contributed by atoms with Gasteiger partial charge in [-0.3, -0.25) is 4.79 Å². The van der Waals surface area contributed by atoms with Crippen LogP contribution in [0.15, 0.2) is 20.1 Å². The van der Waals surface area contributed by atoms with E-state index in [1.807, 2.05) is 0 Å². The highest BCUT2D eigenvalue weighted by atomic mass is 79.9. The Bertz CT molecular complexity index is 497. The molecule has 0 saturated carbocycles. The molecule has 0 amide bonds. The van der Waals surface area contributed by atoms with Crippen LogP contribution < -0.4 is 0 Å². The van der Waals surface area contributed by atoms with Gasteiger partial charge in [0, 0.05) is 24.5 Å². The molecule has 1 rings (SSSR count). The maximum atomic E-state index is 12.0. The first-order chi connectivity index (χ1) is 7.85. The molecular formula is C9H12BrNO4S2. The van der Waals surface area contributed by atoms with Gasteiger partial charge in [-0.15, -0.1) is 11.3 Å². The number of halogens is 1. The largest absolute Gasteiger partial charge is 0.481 e. The van der Waals surface area contributed by atoms with Crippen molar-refractivity contribution < 1.29 is 18.3 Å². The zero-order chi connectivity index (χ0) is 13.1. The zero-order valence-electron chi connectivity index (χ0n) is 9.09. The third-order valence-corrected chi connectivity index (χ3v) is 6.60. The average Bonchev–Trinajstić information content (AvgIpc) is 2.64. The van der Waals surface area contributed by atoms with E-state index >= 15 is 0 Å². The number of carboxylic acids is 1. The van der Waals surface area contributed by atoms with Crippen molar-refractivity contribution in [3.05, 3.63) is 15.9 Å². The zero-order valence-corrected chi connectivity index (χ0v) is 12.3. The fourth-order valence-electron chi connectivity index (χ4n) is 1.18. The number of hydrogen-bond donors (Lipinski definition) is 1. The van der Waals surface area contributed by atoms with Crippen molar-refractivity contribution in [3.8, 4) is 0 Å². The number of thiophene rings is 1. The topological polar surface area (TPSA) is 74.7 Å². The number of carboxylic acid groups (broad SMARTS) is 1. The van der Waals surface area contributed by atoms with E-state index in [0.29, 0.717) is 10.9 Å². The van der Waals surface area contributed by atoms with Crippen LogP contribution in [-0.4, -0.2) is 37.4 Å². The van der Waals surface area contributed by atoms with Crippen LogP contribution in [0.3, 0.4) is 0 Å². The molecular weight excluding hydrogens is 330 g/mol. The van der Waals surface area contributed by atoms with Crippen molar-refractivity contribution in [1.82, 2.24) is 4.31 Å². The lowest BCUT2D eigenvalue weighted by molar-refractivity contribution is -0.137. The van der Waals surface area contributed by atoms with Crippen LogP contribution in [-0.2, 0) is 14.8 Å². The monoisotopic (exact) mass is 341 g/mol. The van der Waals surface area contributed by atoms with E-state index in [1.165, 1.54) is 11.4 Å². The number of aliphatic carboxylic acids is 1. The first-order valence-corrected chi connectivity index (χ1v) is 7.88. The molecule has 0 aliphatic carbocycles. The minimum atomic E-state index is -3.51. The minimum absolute atomic E-state index is 0.0362. The van der Waals surface area contributed by atoms with Crippen LogP contribution >= 0.6 is 27.3 Å². The highest BCUT2D eigenvalue weighted by molar-refractivity contribution is 9.10. The molecule has 17 heavy (non-hydrogen) atoms. The van der Waals surface area contributed by atoms with Gasteiger partial charge in [0.1, 0.15) is 4.21 Å². The molecule has 0 saturated heterocycles. The van der Waals surface area contributed by atoms with Crippen molar-refractivity contribution in [2.75, 3.05) is 13.6 Å². The van der Waals surface area contributed by atoms with E-state index in [-0.39, 0.29) is 17.2 Å². The quantitative estimate of drug-likeness (QED) is 0.858. The second-order valence-corrected chi connectivity index (χ2v) is 7.39. The van der Waals surface area contributed by atoms with E-state index in [9.17, 15) is 13.2 Å². The van der Waals surface area contributed by atoms with Gasteiger partial charge in [0.05, 0.1) is 0 Å². The van der Waals surface area contributed by atoms with Crippen LogP contribution in [0.1, 0.15) is 12.8 Å². The molecule has 0 aromatic carbocycles. The van der Waals surface area contributed by atoms with Crippen LogP contribution in [0, 0.1) is 0 Å². The van der Waals surface area contributed by atoms with Gasteiger partial charge in [-0.1, -0.05) is 0 Å². The molecule has 5 nitrogen and oxygen atoms in total. The summed E-state index contributed by atoms with van der Waals surface area (Å²) in [5.74, 6) is -0.923. The summed E-state index contributed by atoms with van der Waals surface area (Å²) in [6.45, 7) is 0.193. The lowest BCUT2D eigenvalue weighted by Crippen LogP contribution is -2.27. The van der Waals surface area contributed by atoms with E-state index in [1.54, 1.807) is 11.4 Å². The molecule has 0 aliphatic rings. The fourth-order valence-corrected chi connectivity index (χ4v) is 4.89. The van der Waals surface area contributed by atoms with Gasteiger partial charge in [-0.25, -0.2) is 12.7 Å². The molecule has 1 N–H and O–H groups in total. The molecule has 0 unspecified atom stereocenters. The summed E-state index contributed by atoms with van der Waals surface area (Å²) in [6.07, 6.45) is 0.263. The Morgan fingerprint density at radius 1 is 1.59 bits per heavy atom. The Morgan fingerprint density at radius 3 is 2.71 bits per heavy atom. The molecule has 0 bridgehead atoms. The lowest BCUT2D eigenvalue weighted by Gasteiger charge is -2.15. The Hall–Kier alpha value is -0.440. The van der Waals surface area contributed by atoms with Crippen molar-refractivity contribution in [1.29, 1.82) is 0 Å². The summed E-state index contributed by atoms with van der Waals surface area (Å²) < 4.78 is 26.1. The van der Waals surface area contributed by atoms with Gasteiger partial charge < -0.3 is 5.11 Å². The van der Waals surface area contributed by atoms with E-state index in [0.717, 1.165) is 11.3 Å². The Balaban J connectivity index is 2.71. The van der Waals surface area contributed by atoms with Crippen molar-refractivity contribution in [2.45, 2.75) is 17.1 Å². The van der Waals surface area contributed by atoms with Crippen molar-refractivity contribution in [2.24, 2.45) is 0 Å². The molecule has 0 spiro atoms. The van der Waals surface area contributed by atoms with Gasteiger partial charge in [0.25, 0.3) is 10.0 Å². The minimum Gasteiger partial charge on any atom is -0.481 e. The standard InChI is InChI=1S/C9H12BrNO4S2/c1-11(5-2-3-8(12)13)17(14,15)9-7(10)4-6-16-9/h4,6H,2-3,5H2,1H3,(H,12,13). The first kappa shape index (κ1) is 14.6. The highest BCUT2D eigenvalue weighted by Crippen LogP contribution is 2.29. The second kappa shape index (κ2) is 5.94. The smallest absolute Gasteiger partial charge is 0.303 e. The number of hydrogen-bond acceptors (Lipinski definition) is 4. The summed E-state index contributed by atoms with van der Waals surface area (Å²) in [7, 11) is -2.06. The van der Waals surface area contributed by atoms with Crippen molar-refractivity contribution in [3.63, 3.8) is 0 Å². The fraction of sp³-hybridized carbons (Fsp3) is 0.444. The normalized spacial score (nSPS) is 11.9. The molecule has 96 valence electrons. The molecule has 0 radical (unpaired) electrons. The number of nitrogens with zero attached hydrogens (tertiary/aromatic N) is 1. The predicted octanol–water partition coefficient (Wildman–Crippen LogP) is 2.00. The maximum absolute atomic E-state index is 12.0. The summed E-state index contributed by atoms with van der Waals surface area (Å²) in [6, 6.07) is 1.67. The molecule has 1 aromatic rings. The van der Waals surface area contributed by atoms with Gasteiger partial charge in [-0.05, 0) is 33.8 Å². The maximum Gasteiger partial charge on any atom is 0.303 e. The third kappa shape index (κ3) is 3.77. The van der Waals surface area contributed by atoms with E-state index in [4.69, 9.17) is 5.11 Å². The molecule has 0 fully saturated rings. The number of sulfonamides is 1. The van der Waals surface area contributed by atoms with Crippen LogP contribution in [0.25, 0.3) is 0 Å². The Labute approximate surface area is 112 Å². The number of carbonyl (C=O) groups is 1. The summed E-state index contributed by atoms with van der Waals surface area (Å²) in [5.41, 5.74) is 0. The summed E-state index contributed by atoms with van der Waals surface area (Å²) in [4.78, 5) is 10.3. The van der Waals surface area contributed by atoms with Crippen LogP contribution in [0.4, 0.5) is 0 Å². The summed E-state index contributed by atoms with van der Waals surface area (Å²) in [5, 5.41) is 10.2. The molecule has 1 heterocycles. The van der Waals surface area contributed by atoms with E-state index < -0.39 is 16.0 Å². The number of rotatable bonds is 6. The third-order valence-electron chi connectivity index (χ3n) is 2.09. The van der Waals surface area contributed by atoms with Gasteiger partial charge in [0.2, 0.25) is 0 Å². The van der Waals surface area contributed by atoms with E-state index in [2.05, 4.69) is 15.9 Å². The lowest BCUT2D eigenvalue weighted by atomic mass is 10.3. The van der Waals surface area contributed by atoms with Gasteiger partial charge in [-0.2, -0.15) is 0 Å². The molecule has 1 aromatic heterocycles. The second-order valence-electron chi connectivity index (χ2n) is 3.38. The highest BCUT2D eigenvalue weighted by Gasteiger charge is 2.24. The Kier molecular flexibility index (Phi) is 5.11. The molecule has 0 atom stereocenters. The average molecular weight is 342 g/mol. The first-order valence-electron chi connectivity index (χ1n) is 4.77. The SMILES string of the molecule is CN(CCCC(=O)O)S(=O)(=O)c1sccc1Br. The van der Waals surface area contributed by atoms with Crippen LogP contribution in [0.5, 0.6) is 0 Å². The predicted molar refractivity (Wildman–Crippen MR) is 68.7 cm³/mol. The Morgan fingerprint density at radius 2 is 2.24 bits per heavy atom. The summed E-state index contributed by atoms with van der Waals surface area (Å²) >= 11 is 4.30.